The molecule has 0 amide bonds. The van der Waals surface area contributed by atoms with Crippen molar-refractivity contribution in [2.75, 3.05) is 24.5 Å². The van der Waals surface area contributed by atoms with E-state index >= 15 is 0 Å². The van der Waals surface area contributed by atoms with Crippen molar-refractivity contribution in [3.05, 3.63) is 29.8 Å². The molecule has 15 heavy (non-hydrogen) atoms. The van der Waals surface area contributed by atoms with Crippen molar-refractivity contribution in [2.45, 2.75) is 19.4 Å². The van der Waals surface area contributed by atoms with Crippen LogP contribution in [0, 0.1) is 5.92 Å². The van der Waals surface area contributed by atoms with E-state index in [1.54, 1.807) is 0 Å². The Balaban J connectivity index is 1.86. The highest BCUT2D eigenvalue weighted by atomic mass is 15.2. The lowest BCUT2D eigenvalue weighted by molar-refractivity contribution is 0.669. The van der Waals surface area contributed by atoms with Gasteiger partial charge in [0.05, 0.1) is 0 Å². The molecular formula is C13H18N2. The Hall–Kier alpha value is -1.02. The topological polar surface area (TPSA) is 15.3 Å². The molecule has 0 spiro atoms. The molecular weight excluding hydrogens is 184 g/mol. The second-order valence-corrected chi connectivity index (χ2v) is 4.69. The molecule has 0 aromatic heterocycles. The Bertz CT molecular complexity index is 344. The highest BCUT2D eigenvalue weighted by molar-refractivity contribution is 5.54. The molecule has 2 nitrogen and oxygen atoms in total. The number of rotatable bonds is 2. The normalized spacial score (nSPS) is 20.9. The maximum atomic E-state index is 3.49. The molecule has 80 valence electrons. The number of nitrogens with one attached hydrogen (secondary N) is 1. The summed E-state index contributed by atoms with van der Waals surface area (Å²) in [5.74, 6) is 0.969. The Morgan fingerprint density at radius 1 is 1.27 bits per heavy atom. The molecule has 0 saturated heterocycles. The molecule has 0 radical (unpaired) electrons. The monoisotopic (exact) mass is 202 g/mol. The third kappa shape index (κ3) is 2.00. The van der Waals surface area contributed by atoms with Crippen LogP contribution in [0.15, 0.2) is 24.3 Å². The minimum atomic E-state index is 0.969. The number of para-hydroxylation sites is 1. The Kier molecular flexibility index (Phi) is 2.37. The van der Waals surface area contributed by atoms with Crippen LogP contribution >= 0.6 is 0 Å². The molecule has 1 aromatic carbocycles. The second-order valence-electron chi connectivity index (χ2n) is 4.69. The summed E-state index contributed by atoms with van der Waals surface area (Å²) in [6.45, 7) is 4.56. The molecule has 0 atom stereocenters. The van der Waals surface area contributed by atoms with Gasteiger partial charge in [-0.2, -0.15) is 0 Å². The van der Waals surface area contributed by atoms with Gasteiger partial charge in [-0.05, 0) is 30.4 Å². The van der Waals surface area contributed by atoms with Crippen LogP contribution in [0.2, 0.25) is 0 Å². The summed E-state index contributed by atoms with van der Waals surface area (Å²) in [7, 11) is 0. The van der Waals surface area contributed by atoms with Gasteiger partial charge in [0.25, 0.3) is 0 Å². The van der Waals surface area contributed by atoms with Gasteiger partial charge >= 0.3 is 0 Å². The first-order valence-corrected chi connectivity index (χ1v) is 5.97. The van der Waals surface area contributed by atoms with Crippen molar-refractivity contribution in [1.29, 1.82) is 0 Å². The van der Waals surface area contributed by atoms with Gasteiger partial charge in [-0.25, -0.2) is 0 Å². The first-order chi connectivity index (χ1) is 7.43. The van der Waals surface area contributed by atoms with Crippen molar-refractivity contribution in [2.24, 2.45) is 5.92 Å². The van der Waals surface area contributed by atoms with E-state index in [-0.39, 0.29) is 0 Å². The van der Waals surface area contributed by atoms with E-state index in [4.69, 9.17) is 0 Å². The summed E-state index contributed by atoms with van der Waals surface area (Å²) >= 11 is 0. The number of hydrogen-bond acceptors (Lipinski definition) is 2. The summed E-state index contributed by atoms with van der Waals surface area (Å²) in [6.07, 6.45) is 2.87. The van der Waals surface area contributed by atoms with Crippen LogP contribution < -0.4 is 10.2 Å². The summed E-state index contributed by atoms with van der Waals surface area (Å²) < 4.78 is 0. The van der Waals surface area contributed by atoms with Crippen molar-refractivity contribution in [3.8, 4) is 0 Å². The first-order valence-electron chi connectivity index (χ1n) is 5.97. The summed E-state index contributed by atoms with van der Waals surface area (Å²) in [5.41, 5.74) is 2.91. The maximum absolute atomic E-state index is 3.49. The van der Waals surface area contributed by atoms with Gasteiger partial charge in [-0.15, -0.1) is 0 Å². The zero-order valence-corrected chi connectivity index (χ0v) is 9.08. The fourth-order valence-electron chi connectivity index (χ4n) is 2.33. The highest BCUT2D eigenvalue weighted by Crippen LogP contribution is 2.32. The van der Waals surface area contributed by atoms with E-state index in [0.717, 1.165) is 25.6 Å². The van der Waals surface area contributed by atoms with Gasteiger partial charge < -0.3 is 10.2 Å². The fourth-order valence-corrected chi connectivity index (χ4v) is 2.33. The number of fused-ring (bicyclic) bond motifs is 1. The molecule has 1 aliphatic heterocycles. The molecule has 2 heteroatoms. The average molecular weight is 202 g/mol. The van der Waals surface area contributed by atoms with E-state index in [9.17, 15) is 0 Å². The van der Waals surface area contributed by atoms with E-state index in [1.165, 1.54) is 30.6 Å². The van der Waals surface area contributed by atoms with Crippen LogP contribution in [0.3, 0.4) is 0 Å². The molecule has 3 rings (SSSR count). The minimum Gasteiger partial charge on any atom is -0.370 e. The predicted octanol–water partition coefficient (Wildman–Crippen LogP) is 2.01. The number of benzene rings is 1. The highest BCUT2D eigenvalue weighted by Gasteiger charge is 2.25. The first kappa shape index (κ1) is 9.22. The minimum absolute atomic E-state index is 0.969. The molecule has 0 unspecified atom stereocenters. The third-order valence-electron chi connectivity index (χ3n) is 3.38. The standard InChI is InChI=1S/C13H18N2/c1-2-4-13-12(3-1)9-14-7-8-15(13)10-11-5-6-11/h1-4,11,14H,5-10H2. The Morgan fingerprint density at radius 3 is 3.00 bits per heavy atom. The van der Waals surface area contributed by atoms with Gasteiger partial charge in [0.2, 0.25) is 0 Å². The van der Waals surface area contributed by atoms with E-state index < -0.39 is 0 Å². The van der Waals surface area contributed by atoms with Gasteiger partial charge in [-0.1, -0.05) is 18.2 Å². The lowest BCUT2D eigenvalue weighted by Crippen LogP contribution is -2.30. The molecule has 1 aromatic rings. The number of hydrogen-bond donors (Lipinski definition) is 1. The quantitative estimate of drug-likeness (QED) is 0.789. The molecule has 1 fully saturated rings. The molecule has 0 bridgehead atoms. The van der Waals surface area contributed by atoms with E-state index in [0.29, 0.717) is 0 Å². The largest absolute Gasteiger partial charge is 0.370 e. The van der Waals surface area contributed by atoms with Crippen LogP contribution in [0.1, 0.15) is 18.4 Å². The van der Waals surface area contributed by atoms with E-state index in [1.807, 2.05) is 0 Å². The summed E-state index contributed by atoms with van der Waals surface area (Å²) in [6, 6.07) is 8.81. The lowest BCUT2D eigenvalue weighted by atomic mass is 10.1. The maximum Gasteiger partial charge on any atom is 0.0412 e. The molecule has 1 aliphatic carbocycles. The molecule has 2 aliphatic rings. The smallest absolute Gasteiger partial charge is 0.0412 e. The van der Waals surface area contributed by atoms with Gasteiger partial charge in [0.15, 0.2) is 0 Å². The second kappa shape index (κ2) is 3.86. The van der Waals surface area contributed by atoms with Gasteiger partial charge in [0.1, 0.15) is 0 Å². The molecule has 1 saturated carbocycles. The zero-order chi connectivity index (χ0) is 10.1. The lowest BCUT2D eigenvalue weighted by Gasteiger charge is -2.24. The summed E-state index contributed by atoms with van der Waals surface area (Å²) in [4.78, 5) is 2.56. The van der Waals surface area contributed by atoms with Crippen LogP contribution in [-0.4, -0.2) is 19.6 Å². The van der Waals surface area contributed by atoms with Gasteiger partial charge in [0, 0.05) is 31.9 Å². The Labute approximate surface area is 91.3 Å². The van der Waals surface area contributed by atoms with Crippen molar-refractivity contribution in [3.63, 3.8) is 0 Å². The summed E-state index contributed by atoms with van der Waals surface area (Å²) in [5, 5.41) is 3.49. The number of nitrogens with zero attached hydrogens (tertiary/aromatic N) is 1. The zero-order valence-electron chi connectivity index (χ0n) is 9.08. The number of anilines is 1. The predicted molar refractivity (Wildman–Crippen MR) is 63.1 cm³/mol. The van der Waals surface area contributed by atoms with Crippen molar-refractivity contribution >= 4 is 5.69 Å². The average Bonchev–Trinajstić information content (AvgIpc) is 3.07. The SMILES string of the molecule is c1ccc2c(c1)CNCCN2CC1CC1. The van der Waals surface area contributed by atoms with Crippen LogP contribution in [0.25, 0.3) is 0 Å². The van der Waals surface area contributed by atoms with Crippen LogP contribution in [0.4, 0.5) is 5.69 Å². The van der Waals surface area contributed by atoms with Crippen molar-refractivity contribution < 1.29 is 0 Å². The molecule has 1 N–H and O–H groups in total. The third-order valence-corrected chi connectivity index (χ3v) is 3.38. The fraction of sp³-hybridized carbons (Fsp3) is 0.538. The Morgan fingerprint density at radius 2 is 2.13 bits per heavy atom. The van der Waals surface area contributed by atoms with Crippen LogP contribution in [0.5, 0.6) is 0 Å². The van der Waals surface area contributed by atoms with Crippen molar-refractivity contribution in [1.82, 2.24) is 5.32 Å². The molecule has 1 heterocycles. The van der Waals surface area contributed by atoms with Crippen LogP contribution in [-0.2, 0) is 6.54 Å². The van der Waals surface area contributed by atoms with E-state index in [2.05, 4.69) is 34.5 Å². The van der Waals surface area contributed by atoms with Gasteiger partial charge in [-0.3, -0.25) is 0 Å².